The minimum Gasteiger partial charge on any atom is -0.493 e. The van der Waals surface area contributed by atoms with Crippen molar-refractivity contribution in [3.05, 3.63) is 100 Å². The summed E-state index contributed by atoms with van der Waals surface area (Å²) >= 11 is 0. The van der Waals surface area contributed by atoms with Gasteiger partial charge in [-0.15, -0.1) is 0 Å². The van der Waals surface area contributed by atoms with Gasteiger partial charge in [0.2, 0.25) is 0 Å². The van der Waals surface area contributed by atoms with Crippen LogP contribution in [-0.4, -0.2) is 46.7 Å². The van der Waals surface area contributed by atoms with E-state index in [9.17, 15) is 14.7 Å². The van der Waals surface area contributed by atoms with Crippen molar-refractivity contribution in [1.82, 2.24) is 4.90 Å². The second-order valence-corrected chi connectivity index (χ2v) is 11.6. The van der Waals surface area contributed by atoms with E-state index in [1.54, 1.807) is 6.07 Å². The molecule has 0 spiro atoms. The number of hydrogen-bond donors (Lipinski definition) is 2. The maximum Gasteiger partial charge on any atom is 0.335 e. The van der Waals surface area contributed by atoms with E-state index in [1.165, 1.54) is 22.3 Å². The third-order valence-electron chi connectivity index (χ3n) is 8.76. The lowest BCUT2D eigenvalue weighted by atomic mass is 9.84. The van der Waals surface area contributed by atoms with E-state index in [-0.39, 0.29) is 12.5 Å². The molecular formula is C35H41NO5. The maximum absolute atomic E-state index is 11.6. The molecule has 6 heteroatoms. The maximum atomic E-state index is 11.6. The van der Waals surface area contributed by atoms with E-state index >= 15 is 0 Å². The van der Waals surface area contributed by atoms with Gasteiger partial charge in [-0.1, -0.05) is 48.5 Å². The number of ether oxygens (including phenoxy) is 1. The number of aryl methyl sites for hydroxylation is 2. The van der Waals surface area contributed by atoms with Crippen molar-refractivity contribution in [3.63, 3.8) is 0 Å². The van der Waals surface area contributed by atoms with Crippen LogP contribution in [0.15, 0.2) is 66.7 Å². The van der Waals surface area contributed by atoms with Crippen LogP contribution in [0.4, 0.5) is 0 Å². The lowest BCUT2D eigenvalue weighted by molar-refractivity contribution is -0.137. The van der Waals surface area contributed by atoms with Gasteiger partial charge in [0.1, 0.15) is 5.75 Å². The molecule has 0 aliphatic heterocycles. The number of carboxylic acid groups (broad SMARTS) is 2. The third kappa shape index (κ3) is 7.56. The molecular weight excluding hydrogens is 514 g/mol. The van der Waals surface area contributed by atoms with Crippen LogP contribution in [0.3, 0.4) is 0 Å². The molecule has 5 rings (SSSR count). The summed E-state index contributed by atoms with van der Waals surface area (Å²) in [5.41, 5.74) is 6.77. The topological polar surface area (TPSA) is 87.1 Å². The van der Waals surface area contributed by atoms with Crippen LogP contribution in [0, 0.1) is 5.92 Å². The van der Waals surface area contributed by atoms with Crippen molar-refractivity contribution >= 4 is 11.9 Å². The van der Waals surface area contributed by atoms with Gasteiger partial charge < -0.3 is 14.9 Å². The quantitative estimate of drug-likeness (QED) is 0.227. The molecule has 3 aromatic carbocycles. The summed E-state index contributed by atoms with van der Waals surface area (Å²) in [6.45, 7) is 2.35. The molecule has 0 bridgehead atoms. The number of rotatable bonds is 13. The first-order chi connectivity index (χ1) is 20.0. The predicted octanol–water partition coefficient (Wildman–Crippen LogP) is 6.75. The number of benzene rings is 3. The Bertz CT molecular complexity index is 1350. The standard InChI is InChI=1S/C35H41NO5/c37-34(38)14-5-6-20-36(32-12-7-11-29-23-30(35(39)40)17-18-31(29)32)21-19-27-9-3-4-13-33(27)41-24-25-15-16-26-8-1-2-10-28(26)22-25/h1-4,8-10,13,17-18,23,25,32H,5-7,11-12,14-16,19-22,24H2,(H,37,38)(H,39,40). The molecule has 0 amide bonds. The minimum absolute atomic E-state index is 0.180. The summed E-state index contributed by atoms with van der Waals surface area (Å²) < 4.78 is 6.45. The SMILES string of the molecule is O=C(O)CCCCN(CCc1ccccc1OCC1CCc2ccccc2C1)C1CCCc2cc(C(=O)O)ccc21. The number of aliphatic carboxylic acids is 1. The fourth-order valence-corrected chi connectivity index (χ4v) is 6.55. The molecule has 0 aromatic heterocycles. The van der Waals surface area contributed by atoms with Crippen molar-refractivity contribution in [2.75, 3.05) is 19.7 Å². The lowest BCUT2D eigenvalue weighted by Gasteiger charge is -2.36. The van der Waals surface area contributed by atoms with Gasteiger partial charge in [0.05, 0.1) is 12.2 Å². The Kier molecular flexibility index (Phi) is 9.73. The normalized spacial score (nSPS) is 18.0. The molecule has 0 saturated carbocycles. The van der Waals surface area contributed by atoms with Crippen molar-refractivity contribution in [3.8, 4) is 5.75 Å². The Hall–Kier alpha value is -3.64. The Labute approximate surface area is 243 Å². The van der Waals surface area contributed by atoms with Crippen LogP contribution in [-0.2, 0) is 30.5 Å². The van der Waals surface area contributed by atoms with E-state index in [1.807, 2.05) is 18.2 Å². The van der Waals surface area contributed by atoms with Crippen molar-refractivity contribution in [2.45, 2.75) is 70.3 Å². The smallest absolute Gasteiger partial charge is 0.335 e. The Morgan fingerprint density at radius 2 is 1.66 bits per heavy atom. The Balaban J connectivity index is 1.27. The van der Waals surface area contributed by atoms with Gasteiger partial charge in [-0.25, -0.2) is 4.79 Å². The zero-order chi connectivity index (χ0) is 28.6. The lowest BCUT2D eigenvalue weighted by Crippen LogP contribution is -2.34. The molecule has 6 nitrogen and oxygen atoms in total. The first-order valence-corrected chi connectivity index (χ1v) is 15.1. The first-order valence-electron chi connectivity index (χ1n) is 15.1. The number of carboxylic acids is 2. The molecule has 2 aliphatic carbocycles. The second-order valence-electron chi connectivity index (χ2n) is 11.6. The molecule has 2 N–H and O–H groups in total. The third-order valence-corrected chi connectivity index (χ3v) is 8.76. The molecule has 2 atom stereocenters. The fourth-order valence-electron chi connectivity index (χ4n) is 6.55. The molecule has 2 aliphatic rings. The summed E-state index contributed by atoms with van der Waals surface area (Å²) in [5.74, 6) is -0.187. The highest BCUT2D eigenvalue weighted by atomic mass is 16.5. The molecule has 216 valence electrons. The van der Waals surface area contributed by atoms with E-state index in [2.05, 4.69) is 47.4 Å². The van der Waals surface area contributed by atoms with Crippen LogP contribution < -0.4 is 4.74 Å². The van der Waals surface area contributed by atoms with Crippen LogP contribution >= 0.6 is 0 Å². The molecule has 0 radical (unpaired) electrons. The number of fused-ring (bicyclic) bond motifs is 2. The Morgan fingerprint density at radius 1 is 0.854 bits per heavy atom. The van der Waals surface area contributed by atoms with Gasteiger partial charge in [-0.3, -0.25) is 9.69 Å². The number of unbranched alkanes of at least 4 members (excludes halogenated alkanes) is 1. The molecule has 2 unspecified atom stereocenters. The number of carbonyl (C=O) groups is 2. The van der Waals surface area contributed by atoms with Crippen LogP contribution in [0.5, 0.6) is 5.75 Å². The monoisotopic (exact) mass is 555 g/mol. The van der Waals surface area contributed by atoms with E-state index in [0.29, 0.717) is 24.5 Å². The number of nitrogens with zero attached hydrogens (tertiary/aromatic N) is 1. The highest BCUT2D eigenvalue weighted by Gasteiger charge is 2.27. The van der Waals surface area contributed by atoms with Gasteiger partial charge in [0, 0.05) is 19.0 Å². The van der Waals surface area contributed by atoms with Crippen molar-refractivity contribution in [1.29, 1.82) is 0 Å². The summed E-state index contributed by atoms with van der Waals surface area (Å²) in [4.78, 5) is 25.1. The highest BCUT2D eigenvalue weighted by molar-refractivity contribution is 5.88. The average Bonchev–Trinajstić information content (AvgIpc) is 2.99. The highest BCUT2D eigenvalue weighted by Crippen LogP contribution is 2.36. The fraction of sp³-hybridized carbons (Fsp3) is 0.429. The van der Waals surface area contributed by atoms with Gasteiger partial charge in [0.25, 0.3) is 0 Å². The molecule has 41 heavy (non-hydrogen) atoms. The summed E-state index contributed by atoms with van der Waals surface area (Å²) in [7, 11) is 0. The first kappa shape index (κ1) is 28.9. The molecule has 0 saturated heterocycles. The zero-order valence-electron chi connectivity index (χ0n) is 23.8. The second kappa shape index (κ2) is 13.8. The van der Waals surface area contributed by atoms with Crippen LogP contribution in [0.2, 0.25) is 0 Å². The van der Waals surface area contributed by atoms with Crippen LogP contribution in [0.25, 0.3) is 0 Å². The van der Waals surface area contributed by atoms with Gasteiger partial charge in [-0.2, -0.15) is 0 Å². The van der Waals surface area contributed by atoms with Gasteiger partial charge in [-0.05, 0) is 116 Å². The van der Waals surface area contributed by atoms with E-state index in [0.717, 1.165) is 75.8 Å². The Morgan fingerprint density at radius 3 is 2.49 bits per heavy atom. The number of hydrogen-bond acceptors (Lipinski definition) is 4. The van der Waals surface area contributed by atoms with Crippen molar-refractivity contribution in [2.24, 2.45) is 5.92 Å². The molecule has 0 fully saturated rings. The minimum atomic E-state index is -0.894. The van der Waals surface area contributed by atoms with Gasteiger partial charge >= 0.3 is 11.9 Å². The summed E-state index contributed by atoms with van der Waals surface area (Å²) in [6.07, 6.45) is 8.71. The summed E-state index contributed by atoms with van der Waals surface area (Å²) in [5, 5.41) is 18.6. The largest absolute Gasteiger partial charge is 0.493 e. The van der Waals surface area contributed by atoms with Crippen molar-refractivity contribution < 1.29 is 24.5 Å². The van der Waals surface area contributed by atoms with Gasteiger partial charge in [0.15, 0.2) is 0 Å². The van der Waals surface area contributed by atoms with E-state index < -0.39 is 11.9 Å². The molecule has 0 heterocycles. The predicted molar refractivity (Wildman–Crippen MR) is 160 cm³/mol. The average molecular weight is 556 g/mol. The number of aromatic carboxylic acids is 1. The number of para-hydroxylation sites is 1. The summed E-state index contributed by atoms with van der Waals surface area (Å²) in [6, 6.07) is 22.8. The zero-order valence-corrected chi connectivity index (χ0v) is 23.8. The van der Waals surface area contributed by atoms with E-state index in [4.69, 9.17) is 9.84 Å². The van der Waals surface area contributed by atoms with Crippen LogP contribution in [0.1, 0.15) is 82.7 Å². The molecule has 3 aromatic rings.